The normalized spacial score (nSPS) is 10.3. The number of hydrogen-bond donors (Lipinski definition) is 1. The number of halogens is 2. The smallest absolute Gasteiger partial charge is 0.338 e. The molecule has 1 heterocycles. The molecule has 2 N–H and O–H groups in total. The number of esters is 1. The molecule has 0 fully saturated rings. The van der Waals surface area contributed by atoms with Crippen molar-refractivity contribution in [2.75, 3.05) is 5.73 Å². The van der Waals surface area contributed by atoms with E-state index in [4.69, 9.17) is 10.5 Å². The molecule has 0 amide bonds. The zero-order valence-corrected chi connectivity index (χ0v) is 13.1. The first-order valence-corrected chi connectivity index (χ1v) is 7.43. The number of ether oxygens (including phenoxy) is 1. The molecule has 1 aromatic heterocycles. The van der Waals surface area contributed by atoms with Crippen molar-refractivity contribution in [3.63, 3.8) is 0 Å². The predicted molar refractivity (Wildman–Crippen MR) is 79.7 cm³/mol. The zero-order chi connectivity index (χ0) is 13.1. The number of nitrogens with two attached hydrogens (primary N) is 1. The Kier molecular flexibility index (Phi) is 4.42. The highest BCUT2D eigenvalue weighted by atomic mass is 79.9. The van der Waals surface area contributed by atoms with E-state index in [-0.39, 0.29) is 12.6 Å². The van der Waals surface area contributed by atoms with Crippen LogP contribution in [0.1, 0.15) is 15.2 Å². The number of nitrogen functional groups attached to an aromatic ring is 1. The van der Waals surface area contributed by atoms with Crippen molar-refractivity contribution in [3.8, 4) is 0 Å². The van der Waals surface area contributed by atoms with E-state index in [1.807, 2.05) is 12.1 Å². The van der Waals surface area contributed by atoms with Crippen LogP contribution in [0.3, 0.4) is 0 Å². The van der Waals surface area contributed by atoms with Gasteiger partial charge in [-0.3, -0.25) is 0 Å². The molecule has 0 aliphatic carbocycles. The fourth-order valence-corrected chi connectivity index (χ4v) is 2.96. The van der Waals surface area contributed by atoms with Gasteiger partial charge in [0.15, 0.2) is 0 Å². The monoisotopic (exact) mass is 389 g/mol. The SMILES string of the molecule is Nc1cc(C(=O)OCc2ccc(Br)s2)ccc1Br. The quantitative estimate of drug-likeness (QED) is 0.630. The van der Waals surface area contributed by atoms with E-state index in [1.54, 1.807) is 18.2 Å². The second kappa shape index (κ2) is 5.86. The van der Waals surface area contributed by atoms with Crippen LogP contribution >= 0.6 is 43.2 Å². The Labute approximate surface area is 125 Å². The summed E-state index contributed by atoms with van der Waals surface area (Å²) in [6.45, 7) is 0.269. The summed E-state index contributed by atoms with van der Waals surface area (Å²) in [5, 5.41) is 0. The minimum Gasteiger partial charge on any atom is -0.456 e. The molecule has 0 aliphatic heterocycles. The lowest BCUT2D eigenvalue weighted by Gasteiger charge is -2.05. The number of hydrogen-bond acceptors (Lipinski definition) is 4. The second-order valence-electron chi connectivity index (χ2n) is 3.52. The predicted octanol–water partition coefficient (Wildman–Crippen LogP) is 4.21. The van der Waals surface area contributed by atoms with Gasteiger partial charge in [-0.25, -0.2) is 4.79 Å². The summed E-state index contributed by atoms with van der Waals surface area (Å²) in [5.41, 5.74) is 6.68. The van der Waals surface area contributed by atoms with Crippen molar-refractivity contribution in [3.05, 3.63) is 49.0 Å². The van der Waals surface area contributed by atoms with Crippen LogP contribution < -0.4 is 5.73 Å². The molecule has 0 saturated heterocycles. The fraction of sp³-hybridized carbons (Fsp3) is 0.0833. The zero-order valence-electron chi connectivity index (χ0n) is 9.15. The number of thiophene rings is 1. The molecule has 0 unspecified atom stereocenters. The molecule has 0 radical (unpaired) electrons. The lowest BCUT2D eigenvalue weighted by Crippen LogP contribution is -2.05. The lowest BCUT2D eigenvalue weighted by molar-refractivity contribution is 0.0477. The summed E-state index contributed by atoms with van der Waals surface area (Å²) in [4.78, 5) is 12.8. The minimum absolute atomic E-state index is 0.269. The van der Waals surface area contributed by atoms with Gasteiger partial charge >= 0.3 is 5.97 Å². The van der Waals surface area contributed by atoms with Crippen LogP contribution in [0.4, 0.5) is 5.69 Å². The number of anilines is 1. The molecule has 0 saturated carbocycles. The van der Waals surface area contributed by atoms with Gasteiger partial charge in [-0.2, -0.15) is 0 Å². The molecule has 6 heteroatoms. The molecule has 3 nitrogen and oxygen atoms in total. The molecule has 0 aliphatic rings. The highest BCUT2D eigenvalue weighted by molar-refractivity contribution is 9.11. The minimum atomic E-state index is -0.376. The summed E-state index contributed by atoms with van der Waals surface area (Å²) < 4.78 is 6.98. The highest BCUT2D eigenvalue weighted by Gasteiger charge is 2.09. The van der Waals surface area contributed by atoms with Crippen molar-refractivity contribution < 1.29 is 9.53 Å². The Hall–Kier alpha value is -0.850. The molecule has 2 aromatic rings. The average molecular weight is 391 g/mol. The van der Waals surface area contributed by atoms with Crippen molar-refractivity contribution in [1.29, 1.82) is 0 Å². The van der Waals surface area contributed by atoms with Gasteiger partial charge in [0.05, 0.1) is 9.35 Å². The van der Waals surface area contributed by atoms with E-state index in [0.717, 1.165) is 13.1 Å². The third-order valence-corrected chi connectivity index (χ3v) is 4.53. The molecular formula is C12H9Br2NO2S. The first kappa shape index (κ1) is 13.6. The number of rotatable bonds is 3. The molecule has 0 bridgehead atoms. The topological polar surface area (TPSA) is 52.3 Å². The summed E-state index contributed by atoms with van der Waals surface area (Å²) in [5.74, 6) is -0.376. The summed E-state index contributed by atoms with van der Waals surface area (Å²) >= 11 is 8.17. The maximum absolute atomic E-state index is 11.8. The maximum atomic E-state index is 11.8. The Morgan fingerprint density at radius 2 is 2.06 bits per heavy atom. The largest absolute Gasteiger partial charge is 0.456 e. The van der Waals surface area contributed by atoms with Gasteiger partial charge in [0, 0.05) is 15.0 Å². The van der Waals surface area contributed by atoms with Gasteiger partial charge in [-0.15, -0.1) is 11.3 Å². The third kappa shape index (κ3) is 3.34. The molecule has 1 aromatic carbocycles. The maximum Gasteiger partial charge on any atom is 0.338 e. The molecule has 18 heavy (non-hydrogen) atoms. The third-order valence-electron chi connectivity index (χ3n) is 2.21. The van der Waals surface area contributed by atoms with Crippen LogP contribution in [-0.4, -0.2) is 5.97 Å². The number of benzene rings is 1. The Balaban J connectivity index is 2.01. The summed E-state index contributed by atoms with van der Waals surface area (Å²) in [6.07, 6.45) is 0. The molecule has 2 rings (SSSR count). The fourth-order valence-electron chi connectivity index (χ4n) is 1.32. The van der Waals surface area contributed by atoms with E-state index < -0.39 is 0 Å². The van der Waals surface area contributed by atoms with E-state index in [1.165, 1.54) is 11.3 Å². The average Bonchev–Trinajstić information content (AvgIpc) is 2.75. The Morgan fingerprint density at radius 3 is 2.67 bits per heavy atom. The van der Waals surface area contributed by atoms with Gasteiger partial charge in [-0.1, -0.05) is 0 Å². The van der Waals surface area contributed by atoms with Crippen molar-refractivity contribution in [1.82, 2.24) is 0 Å². The van der Waals surface area contributed by atoms with Crippen LogP contribution in [0.15, 0.2) is 38.6 Å². The Bertz CT molecular complexity index is 583. The van der Waals surface area contributed by atoms with Gasteiger partial charge in [0.1, 0.15) is 6.61 Å². The van der Waals surface area contributed by atoms with E-state index in [0.29, 0.717) is 11.3 Å². The highest BCUT2D eigenvalue weighted by Crippen LogP contribution is 2.24. The standard InChI is InChI=1S/C12H9Br2NO2S/c13-9-3-1-7(5-10(9)15)12(16)17-6-8-2-4-11(14)18-8/h1-5H,6,15H2. The van der Waals surface area contributed by atoms with Crippen molar-refractivity contribution in [2.45, 2.75) is 6.61 Å². The van der Waals surface area contributed by atoms with Crippen LogP contribution in [0.5, 0.6) is 0 Å². The van der Waals surface area contributed by atoms with Crippen LogP contribution in [0.25, 0.3) is 0 Å². The van der Waals surface area contributed by atoms with Gasteiger partial charge in [0.25, 0.3) is 0 Å². The van der Waals surface area contributed by atoms with E-state index in [9.17, 15) is 4.79 Å². The van der Waals surface area contributed by atoms with Crippen LogP contribution in [0, 0.1) is 0 Å². The lowest BCUT2D eigenvalue weighted by atomic mass is 10.2. The Morgan fingerprint density at radius 1 is 1.28 bits per heavy atom. The van der Waals surface area contributed by atoms with E-state index in [2.05, 4.69) is 31.9 Å². The number of carbonyl (C=O) groups is 1. The van der Waals surface area contributed by atoms with Crippen LogP contribution in [-0.2, 0) is 11.3 Å². The molecule has 0 spiro atoms. The first-order chi connectivity index (χ1) is 8.56. The summed E-state index contributed by atoms with van der Waals surface area (Å²) in [6, 6.07) is 8.83. The van der Waals surface area contributed by atoms with E-state index >= 15 is 0 Å². The van der Waals surface area contributed by atoms with Gasteiger partial charge in [-0.05, 0) is 62.2 Å². The van der Waals surface area contributed by atoms with Crippen molar-refractivity contribution >= 4 is 54.9 Å². The molecule has 94 valence electrons. The van der Waals surface area contributed by atoms with Gasteiger partial charge in [0.2, 0.25) is 0 Å². The molecule has 0 atom stereocenters. The number of carbonyl (C=O) groups excluding carboxylic acids is 1. The summed E-state index contributed by atoms with van der Waals surface area (Å²) in [7, 11) is 0. The first-order valence-electron chi connectivity index (χ1n) is 5.02. The second-order valence-corrected chi connectivity index (χ2v) is 6.92. The molecular weight excluding hydrogens is 382 g/mol. The van der Waals surface area contributed by atoms with Crippen molar-refractivity contribution in [2.24, 2.45) is 0 Å². The van der Waals surface area contributed by atoms with Crippen LogP contribution in [0.2, 0.25) is 0 Å². The van der Waals surface area contributed by atoms with Gasteiger partial charge < -0.3 is 10.5 Å².